The Hall–Kier alpha value is -2.05. The fourth-order valence-electron chi connectivity index (χ4n) is 2.41. The molecule has 1 aromatic heterocycles. The molecular weight excluding hydrogens is 507 g/mol. The lowest BCUT2D eigenvalue weighted by Crippen LogP contribution is -2.59. The number of nitrogens with zero attached hydrogens (tertiary/aromatic N) is 2. The molecule has 0 spiro atoms. The Morgan fingerprint density at radius 3 is 2.06 bits per heavy atom. The summed E-state index contributed by atoms with van der Waals surface area (Å²) < 4.78 is 65.2. The predicted molar refractivity (Wildman–Crippen MR) is 135 cm³/mol. The number of nitrogens with one attached hydrogen (secondary N) is 1. The average molecular weight is 518 g/mol. The minimum atomic E-state index is -4.25. The van der Waals surface area contributed by atoms with Gasteiger partial charge in [-0.2, -0.15) is 12.7 Å². The number of hydrogen-bond donors (Lipinski definition) is 1. The van der Waals surface area contributed by atoms with Gasteiger partial charge in [-0.25, -0.2) is 18.5 Å². The van der Waals surface area contributed by atoms with Gasteiger partial charge in [-0.15, -0.1) is 10.2 Å². The third-order valence-electron chi connectivity index (χ3n) is 4.52. The first-order valence-corrected chi connectivity index (χ1v) is 11.3. The molecule has 0 atom stereocenters. The van der Waals surface area contributed by atoms with Crippen LogP contribution in [-0.2, 0) is 10.2 Å². The first-order chi connectivity index (χ1) is 16.2. The van der Waals surface area contributed by atoms with Crippen molar-refractivity contribution in [1.29, 1.82) is 0 Å². The molecule has 0 saturated heterocycles. The highest BCUT2D eigenvalue weighted by atomic mass is 35.5. The molecule has 8 nitrogen and oxygen atoms in total. The van der Waals surface area contributed by atoms with Crippen LogP contribution in [0.5, 0.6) is 17.4 Å². The number of halogens is 3. The van der Waals surface area contributed by atoms with E-state index in [0.29, 0.717) is 16.4 Å². The molecule has 1 heterocycles. The third-order valence-corrected chi connectivity index (χ3v) is 6.20. The second kappa shape index (κ2) is 10.4. The highest BCUT2D eigenvalue weighted by Gasteiger charge is 2.46. The summed E-state index contributed by atoms with van der Waals surface area (Å²) in [5.41, 5.74) is -3.41. The van der Waals surface area contributed by atoms with Crippen molar-refractivity contribution in [3.8, 4) is 17.4 Å². The molecular formula is C17H11B7ClF2N3O5S. The molecule has 1 amide bonds. The smallest absolute Gasteiger partial charge is 0.303 e. The highest BCUT2D eigenvalue weighted by Crippen LogP contribution is 2.44. The number of hydrogen-bond acceptors (Lipinski definition) is 6. The fraction of sp³-hybridized carbons (Fsp3) is 0.294. The van der Waals surface area contributed by atoms with Crippen LogP contribution >= 0.6 is 11.6 Å². The molecule has 0 bridgehead atoms. The largest absolute Gasteiger partial charge is 0.484 e. The van der Waals surface area contributed by atoms with E-state index in [0.717, 1.165) is 26.4 Å². The van der Waals surface area contributed by atoms with Gasteiger partial charge >= 0.3 is 10.2 Å². The van der Waals surface area contributed by atoms with Crippen LogP contribution in [0.1, 0.15) is 10.4 Å². The van der Waals surface area contributed by atoms with Crippen LogP contribution in [0.2, 0.25) is 15.2 Å². The third kappa shape index (κ3) is 6.44. The monoisotopic (exact) mass is 519 g/mol. The number of ether oxygens (including phenoxy) is 2. The Balaban J connectivity index is 2.32. The topological polar surface area (TPSA) is 97.8 Å². The fourth-order valence-corrected chi connectivity index (χ4v) is 3.14. The van der Waals surface area contributed by atoms with Crippen molar-refractivity contribution in [2.24, 2.45) is 0 Å². The van der Waals surface area contributed by atoms with Gasteiger partial charge in [0.1, 0.15) is 24.4 Å². The van der Waals surface area contributed by atoms with Crippen molar-refractivity contribution in [1.82, 2.24) is 14.0 Å². The Kier molecular flexibility index (Phi) is 8.70. The maximum absolute atomic E-state index is 14.5. The molecule has 1 aromatic carbocycles. The van der Waals surface area contributed by atoms with Crippen molar-refractivity contribution < 1.29 is 31.5 Å². The van der Waals surface area contributed by atoms with Crippen LogP contribution in [0.4, 0.5) is 8.78 Å². The first kappa shape index (κ1) is 30.2. The number of amides is 1. The molecule has 0 aliphatic carbocycles. The standard InChI is InChI=1S/C17H11B7ClF2N3O5S/c1-30(2)36(32,33)29-13(31)8-4-11(27)12(5-10(8)26)34-7-3-9(25)14(28-6-7)35-15(18,16(19,20)21)17(22,23)24/h3-6H,1-2H3,(H,29,31). The van der Waals surface area contributed by atoms with Crippen molar-refractivity contribution in [2.75, 3.05) is 14.1 Å². The Bertz CT molecular complexity index is 1260. The van der Waals surface area contributed by atoms with E-state index in [9.17, 15) is 22.0 Å². The molecule has 0 unspecified atom stereocenters. The molecule has 19 heteroatoms. The second-order valence-corrected chi connectivity index (χ2v) is 10.0. The number of pyridine rings is 1. The summed E-state index contributed by atoms with van der Waals surface area (Å²) in [5, 5.41) is -5.08. The number of benzene rings is 1. The molecule has 0 aliphatic heterocycles. The van der Waals surface area contributed by atoms with E-state index < -0.39 is 60.7 Å². The van der Waals surface area contributed by atoms with Crippen LogP contribution in [0.15, 0.2) is 24.4 Å². The SMILES string of the molecule is [B]C([B])([B])C([B])(Oc1ncc(Oc2cc(F)c(C(=O)NS(=O)(=O)N(C)C)cc2F)cc1Cl)C([B])([B])[B]. The van der Waals surface area contributed by atoms with Crippen LogP contribution in [0, 0.1) is 11.6 Å². The zero-order valence-electron chi connectivity index (χ0n) is 18.8. The summed E-state index contributed by atoms with van der Waals surface area (Å²) in [7, 11) is 37.3. The summed E-state index contributed by atoms with van der Waals surface area (Å²) in [6.07, 6.45) is 0.944. The molecule has 0 fully saturated rings. The Labute approximate surface area is 221 Å². The van der Waals surface area contributed by atoms with Crippen molar-refractivity contribution in [3.63, 3.8) is 0 Å². The van der Waals surface area contributed by atoms with Gasteiger partial charge in [-0.1, -0.05) is 11.6 Å². The zero-order valence-corrected chi connectivity index (χ0v) is 20.4. The highest BCUT2D eigenvalue weighted by molar-refractivity contribution is 7.87. The van der Waals surface area contributed by atoms with E-state index in [1.165, 1.54) is 0 Å². The van der Waals surface area contributed by atoms with Crippen LogP contribution in [0.25, 0.3) is 0 Å². The summed E-state index contributed by atoms with van der Waals surface area (Å²) in [6.45, 7) is 0. The van der Waals surface area contributed by atoms with E-state index in [1.54, 1.807) is 4.72 Å². The summed E-state index contributed by atoms with van der Waals surface area (Å²) in [6, 6.07) is 1.99. The van der Waals surface area contributed by atoms with Gasteiger partial charge in [-0.05, 0) is 6.07 Å². The van der Waals surface area contributed by atoms with E-state index in [4.69, 9.17) is 76.0 Å². The molecule has 36 heavy (non-hydrogen) atoms. The molecule has 14 radical (unpaired) electrons. The summed E-state index contributed by atoms with van der Waals surface area (Å²) in [5.74, 6) is -5.31. The van der Waals surface area contributed by atoms with Gasteiger partial charge in [0.2, 0.25) is 5.88 Å². The van der Waals surface area contributed by atoms with Crippen molar-refractivity contribution in [3.05, 3.63) is 46.6 Å². The predicted octanol–water partition coefficient (Wildman–Crippen LogP) is -0.256. The number of aromatic nitrogens is 1. The second-order valence-electron chi connectivity index (χ2n) is 7.74. The van der Waals surface area contributed by atoms with Crippen molar-refractivity contribution in [2.45, 2.75) is 15.7 Å². The normalized spacial score (nSPS) is 12.8. The maximum Gasteiger partial charge on any atom is 0.303 e. The first-order valence-electron chi connectivity index (χ1n) is 9.48. The molecule has 172 valence electrons. The zero-order chi connectivity index (χ0) is 27.9. The van der Waals surface area contributed by atoms with Gasteiger partial charge in [0.05, 0.1) is 58.8 Å². The molecule has 0 saturated carbocycles. The van der Waals surface area contributed by atoms with Gasteiger partial charge in [0.15, 0.2) is 11.6 Å². The average Bonchev–Trinajstić information content (AvgIpc) is 2.70. The number of rotatable bonds is 9. The molecule has 0 aliphatic rings. The van der Waals surface area contributed by atoms with Crippen LogP contribution < -0.4 is 14.2 Å². The molecule has 1 N–H and O–H groups in total. The molecule has 2 rings (SSSR count). The minimum Gasteiger partial charge on any atom is -0.484 e. The van der Waals surface area contributed by atoms with Gasteiger partial charge < -0.3 is 9.47 Å². The van der Waals surface area contributed by atoms with Gasteiger partial charge in [0.25, 0.3) is 5.91 Å². The lowest BCUT2D eigenvalue weighted by molar-refractivity contribution is 0.0975. The van der Waals surface area contributed by atoms with Gasteiger partial charge in [-0.3, -0.25) is 4.79 Å². The van der Waals surface area contributed by atoms with E-state index >= 15 is 0 Å². The molecule has 2 aromatic rings. The summed E-state index contributed by atoms with van der Waals surface area (Å²) >= 11 is 6.08. The van der Waals surface area contributed by atoms with E-state index in [-0.39, 0.29) is 10.8 Å². The van der Waals surface area contributed by atoms with Crippen molar-refractivity contribution >= 4 is 82.6 Å². The quantitative estimate of drug-likeness (QED) is 0.460. The number of carbonyl (C=O) groups excluding carboxylic acids is 1. The number of carbonyl (C=O) groups is 1. The minimum absolute atomic E-state index is 0.236. The summed E-state index contributed by atoms with van der Waals surface area (Å²) in [4.78, 5) is 15.9. The Morgan fingerprint density at radius 2 is 1.58 bits per heavy atom. The van der Waals surface area contributed by atoms with Gasteiger partial charge in [0, 0.05) is 31.7 Å². The van der Waals surface area contributed by atoms with E-state index in [2.05, 4.69) is 4.98 Å². The Morgan fingerprint density at radius 1 is 1.03 bits per heavy atom. The van der Waals surface area contributed by atoms with Crippen LogP contribution in [-0.4, -0.2) is 98.1 Å². The lowest BCUT2D eigenvalue weighted by Gasteiger charge is -2.54. The van der Waals surface area contributed by atoms with E-state index in [1.807, 2.05) is 0 Å². The maximum atomic E-state index is 14.5. The van der Waals surface area contributed by atoms with Crippen LogP contribution in [0.3, 0.4) is 0 Å². The lowest BCUT2D eigenvalue weighted by atomic mass is 9.19.